The van der Waals surface area contributed by atoms with Crippen molar-refractivity contribution in [2.75, 3.05) is 44.9 Å². The number of rotatable bonds is 18. The summed E-state index contributed by atoms with van der Waals surface area (Å²) in [6, 6.07) is 14.2. The first-order chi connectivity index (χ1) is 18.0. The summed E-state index contributed by atoms with van der Waals surface area (Å²) in [5.74, 6) is 2.59. The van der Waals surface area contributed by atoms with E-state index in [0.29, 0.717) is 43.6 Å². The fourth-order valence-corrected chi connectivity index (χ4v) is 4.45. The Kier molecular flexibility index (Phi) is 14.4. The first-order valence-electron chi connectivity index (χ1n) is 12.7. The number of carboxylic acids is 1. The molecule has 2 aromatic rings. The minimum absolute atomic E-state index is 0.281. The van der Waals surface area contributed by atoms with E-state index < -0.39 is 18.2 Å². The standard InChI is InChI=1S/C28H39NO7S/c1-4-6-7-18-37-19-16-29(28(32)36-25-10-8-9-24(21-25)33-3)15-17-35-23-13-11-22(12-14-23)20-26(27(30)31)34-5-2/h8-14,21,26H,4-7,15-20H2,1-3H3,(H,30,31). The zero-order chi connectivity index (χ0) is 26.9. The Labute approximate surface area is 224 Å². The second-order valence-corrected chi connectivity index (χ2v) is 9.56. The lowest BCUT2D eigenvalue weighted by Gasteiger charge is -2.22. The average molecular weight is 534 g/mol. The summed E-state index contributed by atoms with van der Waals surface area (Å²) >= 11 is 1.83. The lowest BCUT2D eigenvalue weighted by Crippen LogP contribution is -2.38. The third kappa shape index (κ3) is 11.8. The van der Waals surface area contributed by atoms with E-state index in [9.17, 15) is 14.7 Å². The van der Waals surface area contributed by atoms with Crippen LogP contribution >= 0.6 is 11.8 Å². The molecule has 0 aliphatic heterocycles. The number of hydrogen-bond donors (Lipinski definition) is 1. The van der Waals surface area contributed by atoms with Crippen molar-refractivity contribution in [2.24, 2.45) is 0 Å². The number of nitrogens with zero attached hydrogens (tertiary/aromatic N) is 1. The number of carbonyl (C=O) groups is 2. The van der Waals surface area contributed by atoms with E-state index in [1.165, 1.54) is 19.3 Å². The fraction of sp³-hybridized carbons (Fsp3) is 0.500. The molecule has 0 heterocycles. The van der Waals surface area contributed by atoms with Crippen LogP contribution in [0.2, 0.25) is 0 Å². The number of ether oxygens (including phenoxy) is 4. The van der Waals surface area contributed by atoms with Gasteiger partial charge in [0.25, 0.3) is 0 Å². The van der Waals surface area contributed by atoms with Crippen LogP contribution in [0.25, 0.3) is 0 Å². The SMILES string of the molecule is CCCCCSCCN(CCOc1ccc(CC(OCC)C(=O)O)cc1)C(=O)Oc1cccc(OC)c1. The Balaban J connectivity index is 1.91. The fourth-order valence-electron chi connectivity index (χ4n) is 3.48. The van der Waals surface area contributed by atoms with Gasteiger partial charge in [-0.25, -0.2) is 9.59 Å². The lowest BCUT2D eigenvalue weighted by molar-refractivity contribution is -0.149. The van der Waals surface area contributed by atoms with Crippen molar-refractivity contribution in [2.45, 2.75) is 45.6 Å². The van der Waals surface area contributed by atoms with Gasteiger partial charge >= 0.3 is 12.1 Å². The van der Waals surface area contributed by atoms with Crippen LogP contribution < -0.4 is 14.2 Å². The van der Waals surface area contributed by atoms with Gasteiger partial charge in [-0.1, -0.05) is 38.0 Å². The maximum Gasteiger partial charge on any atom is 0.415 e. The van der Waals surface area contributed by atoms with Gasteiger partial charge in [0.15, 0.2) is 6.10 Å². The zero-order valence-corrected chi connectivity index (χ0v) is 22.8. The minimum atomic E-state index is -0.980. The van der Waals surface area contributed by atoms with Crippen molar-refractivity contribution >= 4 is 23.8 Å². The van der Waals surface area contributed by atoms with Crippen molar-refractivity contribution in [1.29, 1.82) is 0 Å². The van der Waals surface area contributed by atoms with E-state index >= 15 is 0 Å². The van der Waals surface area contributed by atoms with Crippen LogP contribution in [0.1, 0.15) is 38.7 Å². The van der Waals surface area contributed by atoms with Crippen LogP contribution in [0.5, 0.6) is 17.2 Å². The number of benzene rings is 2. The second-order valence-electron chi connectivity index (χ2n) is 8.33. The highest BCUT2D eigenvalue weighted by atomic mass is 32.2. The summed E-state index contributed by atoms with van der Waals surface area (Å²) < 4.78 is 21.9. The van der Waals surface area contributed by atoms with E-state index in [2.05, 4.69) is 6.92 Å². The summed E-state index contributed by atoms with van der Waals surface area (Å²) in [6.45, 7) is 5.51. The maximum atomic E-state index is 12.9. The predicted molar refractivity (Wildman–Crippen MR) is 146 cm³/mol. The van der Waals surface area contributed by atoms with Gasteiger partial charge in [0.2, 0.25) is 0 Å². The quantitative estimate of drug-likeness (QED) is 0.250. The molecule has 0 aliphatic rings. The van der Waals surface area contributed by atoms with Crippen LogP contribution in [0.15, 0.2) is 48.5 Å². The summed E-state index contributed by atoms with van der Waals surface area (Å²) in [5.41, 5.74) is 0.844. The Hall–Kier alpha value is -2.91. The van der Waals surface area contributed by atoms with Crippen molar-refractivity contribution in [3.8, 4) is 17.2 Å². The van der Waals surface area contributed by atoms with Crippen molar-refractivity contribution in [3.05, 3.63) is 54.1 Å². The molecule has 37 heavy (non-hydrogen) atoms. The Morgan fingerprint density at radius 2 is 1.73 bits per heavy atom. The van der Waals surface area contributed by atoms with Crippen molar-refractivity contribution in [1.82, 2.24) is 4.90 Å². The van der Waals surface area contributed by atoms with Gasteiger partial charge in [0.05, 0.1) is 13.7 Å². The van der Waals surface area contributed by atoms with Crippen LogP contribution in [-0.2, 0) is 16.0 Å². The second kappa shape index (κ2) is 17.5. The molecule has 0 saturated carbocycles. The first kappa shape index (κ1) is 30.3. The van der Waals surface area contributed by atoms with Gasteiger partial charge in [0.1, 0.15) is 23.9 Å². The molecule has 9 heteroatoms. The van der Waals surface area contributed by atoms with E-state index in [-0.39, 0.29) is 6.42 Å². The van der Waals surface area contributed by atoms with Crippen molar-refractivity contribution in [3.63, 3.8) is 0 Å². The number of carboxylic acid groups (broad SMARTS) is 1. The molecule has 8 nitrogen and oxygen atoms in total. The highest BCUT2D eigenvalue weighted by molar-refractivity contribution is 7.99. The number of hydrogen-bond acceptors (Lipinski definition) is 7. The molecule has 204 valence electrons. The van der Waals surface area contributed by atoms with Gasteiger partial charge in [-0.3, -0.25) is 0 Å². The molecular formula is C28H39NO7S. The topological polar surface area (TPSA) is 94.5 Å². The molecule has 0 saturated heterocycles. The summed E-state index contributed by atoms with van der Waals surface area (Å²) in [4.78, 5) is 25.9. The zero-order valence-electron chi connectivity index (χ0n) is 22.0. The molecule has 2 aromatic carbocycles. The molecule has 0 fully saturated rings. The maximum absolute atomic E-state index is 12.9. The van der Waals surface area contributed by atoms with Gasteiger partial charge in [-0.15, -0.1) is 0 Å². The Morgan fingerprint density at radius 1 is 0.973 bits per heavy atom. The minimum Gasteiger partial charge on any atom is -0.497 e. The van der Waals surface area contributed by atoms with E-state index in [4.69, 9.17) is 18.9 Å². The molecule has 0 bridgehead atoms. The van der Waals surface area contributed by atoms with Gasteiger partial charge in [-0.2, -0.15) is 11.8 Å². The summed E-state index contributed by atoms with van der Waals surface area (Å²) in [6.07, 6.45) is 2.54. The Morgan fingerprint density at radius 3 is 2.41 bits per heavy atom. The molecule has 0 spiro atoms. The number of amides is 1. The number of carbonyl (C=O) groups excluding carboxylic acids is 1. The Bertz CT molecular complexity index is 938. The highest BCUT2D eigenvalue weighted by Crippen LogP contribution is 2.20. The van der Waals surface area contributed by atoms with E-state index in [0.717, 1.165) is 17.1 Å². The van der Waals surface area contributed by atoms with Crippen LogP contribution in [0.3, 0.4) is 0 Å². The first-order valence-corrected chi connectivity index (χ1v) is 13.9. The summed E-state index contributed by atoms with van der Waals surface area (Å²) in [5, 5.41) is 9.27. The molecular weight excluding hydrogens is 494 g/mol. The monoisotopic (exact) mass is 533 g/mol. The molecule has 0 aromatic heterocycles. The third-order valence-electron chi connectivity index (χ3n) is 5.52. The molecule has 0 radical (unpaired) electrons. The van der Waals surface area contributed by atoms with Crippen molar-refractivity contribution < 1.29 is 33.6 Å². The van der Waals surface area contributed by atoms with Gasteiger partial charge < -0.3 is 29.0 Å². The normalized spacial score (nSPS) is 11.5. The molecule has 2 rings (SSSR count). The molecule has 1 N–H and O–H groups in total. The third-order valence-corrected chi connectivity index (χ3v) is 6.57. The van der Waals surface area contributed by atoms with E-state index in [1.807, 2.05) is 23.9 Å². The summed E-state index contributed by atoms with van der Waals surface area (Å²) in [7, 11) is 1.57. The molecule has 1 amide bonds. The molecule has 0 aliphatic carbocycles. The van der Waals surface area contributed by atoms with E-state index in [1.54, 1.807) is 55.3 Å². The predicted octanol–water partition coefficient (Wildman–Crippen LogP) is 5.53. The van der Waals surface area contributed by atoms with Crippen LogP contribution in [-0.4, -0.2) is 73.1 Å². The van der Waals surface area contributed by atoms with Gasteiger partial charge in [-0.05, 0) is 48.9 Å². The van der Waals surface area contributed by atoms with Crippen LogP contribution in [0.4, 0.5) is 4.79 Å². The van der Waals surface area contributed by atoms with Crippen LogP contribution in [0, 0.1) is 0 Å². The van der Waals surface area contributed by atoms with Gasteiger partial charge in [0, 0.05) is 31.4 Å². The lowest BCUT2D eigenvalue weighted by atomic mass is 10.1. The molecule has 1 unspecified atom stereocenters. The number of thioether (sulfide) groups is 1. The smallest absolute Gasteiger partial charge is 0.415 e. The highest BCUT2D eigenvalue weighted by Gasteiger charge is 2.18. The average Bonchev–Trinajstić information content (AvgIpc) is 2.90. The number of methoxy groups -OCH3 is 1. The number of aliphatic carboxylic acids is 1. The largest absolute Gasteiger partial charge is 0.497 e. The number of unbranched alkanes of at least 4 members (excludes halogenated alkanes) is 2. The molecule has 1 atom stereocenters.